The van der Waals surface area contributed by atoms with Crippen LogP contribution in [0.2, 0.25) is 0 Å². The lowest BCUT2D eigenvalue weighted by Gasteiger charge is -2.15. The molecular weight excluding hydrogens is 597 g/mol. The number of nitrogens with zero attached hydrogens (tertiary/aromatic N) is 4. The number of imidazole rings is 1. The van der Waals surface area contributed by atoms with Crippen molar-refractivity contribution in [2.24, 2.45) is 0 Å². The molecule has 230 valence electrons. The Morgan fingerprint density at radius 3 is 1.37 bits per heavy atom. The van der Waals surface area contributed by atoms with Crippen molar-refractivity contribution in [3.63, 3.8) is 0 Å². The molecule has 0 unspecified atom stereocenters. The lowest BCUT2D eigenvalue weighted by atomic mass is 9.93. The molecule has 0 bridgehead atoms. The highest BCUT2D eigenvalue weighted by atomic mass is 15.0. The summed E-state index contributed by atoms with van der Waals surface area (Å²) in [6.45, 7) is 0. The van der Waals surface area contributed by atoms with Gasteiger partial charge in [-0.25, -0.2) is 15.0 Å². The monoisotopic (exact) mass is 626 g/mol. The summed E-state index contributed by atoms with van der Waals surface area (Å²) in [7, 11) is 0. The molecule has 0 saturated carbocycles. The maximum atomic E-state index is 5.23. The molecule has 0 spiro atoms. The van der Waals surface area contributed by atoms with E-state index in [2.05, 4.69) is 144 Å². The summed E-state index contributed by atoms with van der Waals surface area (Å²) < 4.78 is 2.18. The van der Waals surface area contributed by atoms with Gasteiger partial charge in [-0.3, -0.25) is 4.40 Å². The summed E-state index contributed by atoms with van der Waals surface area (Å²) in [4.78, 5) is 15.4. The third kappa shape index (κ3) is 5.35. The predicted octanol–water partition coefficient (Wildman–Crippen LogP) is 11.3. The number of rotatable bonds is 6. The highest BCUT2D eigenvalue weighted by Crippen LogP contribution is 2.38. The lowest BCUT2D eigenvalue weighted by Crippen LogP contribution is -1.96. The number of para-hydroxylation sites is 2. The Hall–Kier alpha value is -6.65. The van der Waals surface area contributed by atoms with Crippen molar-refractivity contribution in [3.05, 3.63) is 182 Å². The van der Waals surface area contributed by atoms with Gasteiger partial charge in [0.1, 0.15) is 5.65 Å². The van der Waals surface area contributed by atoms with E-state index in [9.17, 15) is 0 Å². The molecule has 0 atom stereocenters. The van der Waals surface area contributed by atoms with Crippen LogP contribution in [0.25, 0.3) is 84.0 Å². The van der Waals surface area contributed by atoms with Crippen molar-refractivity contribution >= 4 is 16.7 Å². The van der Waals surface area contributed by atoms with E-state index >= 15 is 0 Å². The van der Waals surface area contributed by atoms with Crippen LogP contribution in [0.1, 0.15) is 0 Å². The summed E-state index contributed by atoms with van der Waals surface area (Å²) in [5.41, 5.74) is 15.2. The molecule has 0 N–H and O–H groups in total. The van der Waals surface area contributed by atoms with Crippen LogP contribution in [0.5, 0.6) is 0 Å². The van der Waals surface area contributed by atoms with Crippen LogP contribution in [-0.4, -0.2) is 19.4 Å². The Morgan fingerprint density at radius 1 is 0.306 bits per heavy atom. The summed E-state index contributed by atoms with van der Waals surface area (Å²) in [6.07, 6.45) is 2.09. The zero-order valence-electron chi connectivity index (χ0n) is 26.6. The average Bonchev–Trinajstić information content (AvgIpc) is 3.58. The van der Waals surface area contributed by atoms with Gasteiger partial charge in [-0.15, -0.1) is 0 Å². The average molecular weight is 627 g/mol. The third-order valence-electron chi connectivity index (χ3n) is 9.00. The van der Waals surface area contributed by atoms with Gasteiger partial charge in [-0.2, -0.15) is 0 Å². The maximum absolute atomic E-state index is 5.23. The van der Waals surface area contributed by atoms with Gasteiger partial charge in [0, 0.05) is 28.5 Å². The van der Waals surface area contributed by atoms with Crippen molar-refractivity contribution in [1.29, 1.82) is 0 Å². The van der Waals surface area contributed by atoms with Gasteiger partial charge in [-0.1, -0.05) is 133 Å². The van der Waals surface area contributed by atoms with Gasteiger partial charge in [0.15, 0.2) is 0 Å². The van der Waals surface area contributed by atoms with Crippen molar-refractivity contribution in [1.82, 2.24) is 19.4 Å². The third-order valence-corrected chi connectivity index (χ3v) is 9.00. The smallest absolute Gasteiger partial charge is 0.137 e. The van der Waals surface area contributed by atoms with E-state index in [4.69, 9.17) is 15.0 Å². The second-order valence-electron chi connectivity index (χ2n) is 12.1. The fourth-order valence-electron chi connectivity index (χ4n) is 6.62. The quantitative estimate of drug-likeness (QED) is 0.184. The molecule has 4 nitrogen and oxygen atoms in total. The van der Waals surface area contributed by atoms with Crippen LogP contribution in [0.15, 0.2) is 182 Å². The first kappa shape index (κ1) is 28.6. The summed E-state index contributed by atoms with van der Waals surface area (Å²) in [6, 6.07) is 61.1. The highest BCUT2D eigenvalue weighted by molar-refractivity contribution is 5.90. The van der Waals surface area contributed by atoms with Crippen LogP contribution in [0, 0.1) is 0 Å². The maximum Gasteiger partial charge on any atom is 0.137 e. The number of fused-ring (bicyclic) bond motifs is 2. The number of pyridine rings is 1. The van der Waals surface area contributed by atoms with Gasteiger partial charge in [-0.05, 0) is 64.7 Å². The zero-order valence-corrected chi connectivity index (χ0v) is 26.6. The molecule has 4 heteroatoms. The molecule has 0 aliphatic rings. The Balaban J connectivity index is 1.21. The summed E-state index contributed by atoms with van der Waals surface area (Å²) in [5.74, 6) is 0. The summed E-state index contributed by atoms with van der Waals surface area (Å²) in [5, 5.41) is 0. The van der Waals surface area contributed by atoms with Crippen molar-refractivity contribution in [3.8, 4) is 67.3 Å². The topological polar surface area (TPSA) is 43.1 Å². The minimum atomic E-state index is 0.860. The number of hydrogen-bond donors (Lipinski definition) is 0. The Bertz CT molecular complexity index is 2570. The number of aromatic nitrogens is 4. The standard InChI is InChI=1S/C45H30N4/c1-4-14-31(15-5-1)36-28-37(30-38(29-36)43-42(33-16-6-2-7-17-33)46-39-20-10-11-21-40(39)47-43)32-23-25-35(26-24-32)45-44(34-18-8-3-9-19-34)48-41-22-12-13-27-49(41)45/h1-30H. The molecule has 3 heterocycles. The van der Waals surface area contributed by atoms with Gasteiger partial charge < -0.3 is 0 Å². The lowest BCUT2D eigenvalue weighted by molar-refractivity contribution is 1.19. The Morgan fingerprint density at radius 2 is 0.755 bits per heavy atom. The number of hydrogen-bond acceptors (Lipinski definition) is 3. The van der Waals surface area contributed by atoms with E-state index in [1.165, 1.54) is 0 Å². The fourth-order valence-corrected chi connectivity index (χ4v) is 6.62. The first-order valence-corrected chi connectivity index (χ1v) is 16.4. The molecule has 9 aromatic rings. The van der Waals surface area contributed by atoms with Crippen molar-refractivity contribution < 1.29 is 0 Å². The molecule has 0 amide bonds. The first-order valence-electron chi connectivity index (χ1n) is 16.4. The van der Waals surface area contributed by atoms with Crippen LogP contribution in [0.3, 0.4) is 0 Å². The molecule has 0 aliphatic carbocycles. The van der Waals surface area contributed by atoms with Crippen LogP contribution < -0.4 is 0 Å². The Labute approximate surface area is 284 Å². The van der Waals surface area contributed by atoms with Gasteiger partial charge in [0.05, 0.1) is 33.8 Å². The van der Waals surface area contributed by atoms with E-state index in [-0.39, 0.29) is 0 Å². The molecule has 0 radical (unpaired) electrons. The molecule has 0 saturated heterocycles. The van der Waals surface area contributed by atoms with Crippen molar-refractivity contribution in [2.45, 2.75) is 0 Å². The van der Waals surface area contributed by atoms with Gasteiger partial charge in [0.25, 0.3) is 0 Å². The van der Waals surface area contributed by atoms with E-state index in [1.54, 1.807) is 0 Å². The normalized spacial score (nSPS) is 11.3. The fraction of sp³-hybridized carbons (Fsp3) is 0. The van der Waals surface area contributed by atoms with Crippen LogP contribution in [0.4, 0.5) is 0 Å². The van der Waals surface area contributed by atoms with Crippen LogP contribution >= 0.6 is 0 Å². The van der Waals surface area contributed by atoms with E-state index in [1.807, 2.05) is 42.5 Å². The SMILES string of the molecule is c1ccc(-c2cc(-c3ccc(-c4c(-c5ccccc5)nc5ccccn45)cc3)cc(-c3nc4ccccc4nc3-c3ccccc3)c2)cc1. The predicted molar refractivity (Wildman–Crippen MR) is 201 cm³/mol. The molecule has 0 fully saturated rings. The molecular formula is C45H30N4. The molecule has 0 aliphatic heterocycles. The van der Waals surface area contributed by atoms with E-state index < -0.39 is 0 Å². The summed E-state index contributed by atoms with van der Waals surface area (Å²) >= 11 is 0. The van der Waals surface area contributed by atoms with Crippen LogP contribution in [-0.2, 0) is 0 Å². The molecule has 3 aromatic heterocycles. The highest BCUT2D eigenvalue weighted by Gasteiger charge is 2.18. The van der Waals surface area contributed by atoms with E-state index in [0.29, 0.717) is 0 Å². The minimum Gasteiger partial charge on any atom is -0.299 e. The van der Waals surface area contributed by atoms with Gasteiger partial charge >= 0.3 is 0 Å². The minimum absolute atomic E-state index is 0.860. The molecule has 9 rings (SSSR count). The first-order chi connectivity index (χ1) is 24.3. The number of benzene rings is 6. The molecule has 6 aromatic carbocycles. The Kier molecular flexibility index (Phi) is 7.10. The van der Waals surface area contributed by atoms with E-state index in [0.717, 1.165) is 84.0 Å². The van der Waals surface area contributed by atoms with Gasteiger partial charge in [0.2, 0.25) is 0 Å². The second kappa shape index (κ2) is 12.2. The van der Waals surface area contributed by atoms with Crippen molar-refractivity contribution in [2.75, 3.05) is 0 Å². The zero-order chi connectivity index (χ0) is 32.6. The molecule has 49 heavy (non-hydrogen) atoms. The second-order valence-corrected chi connectivity index (χ2v) is 12.1. The largest absolute Gasteiger partial charge is 0.299 e.